The number of hydrogen-bond donors (Lipinski definition) is 1. The predicted molar refractivity (Wildman–Crippen MR) is 139 cm³/mol. The number of nitrogens with zero attached hydrogens (tertiary/aromatic N) is 4. The Bertz CT molecular complexity index is 1290. The van der Waals surface area contributed by atoms with Crippen molar-refractivity contribution >= 4 is 36.5 Å². The summed E-state index contributed by atoms with van der Waals surface area (Å²) in [6.07, 6.45) is 3.01. The third-order valence-electron chi connectivity index (χ3n) is 5.78. The highest BCUT2D eigenvalue weighted by Crippen LogP contribution is 2.52. The van der Waals surface area contributed by atoms with E-state index in [0.29, 0.717) is 35.5 Å². The lowest BCUT2D eigenvalue weighted by Crippen LogP contribution is -2.25. The Kier molecular flexibility index (Phi) is 9.22. The molecule has 38 heavy (non-hydrogen) atoms. The van der Waals surface area contributed by atoms with Crippen LogP contribution in [-0.4, -0.2) is 63.2 Å². The van der Waals surface area contributed by atoms with Gasteiger partial charge < -0.3 is 28.4 Å². The molecule has 4 rings (SSSR count). The molecular formula is C25H32N5O7P. The molecule has 204 valence electrons. The largest absolute Gasteiger partial charge is 0.463 e. The van der Waals surface area contributed by atoms with Crippen molar-refractivity contribution < 1.29 is 32.7 Å². The molecule has 0 unspecified atom stereocenters. The first-order chi connectivity index (χ1) is 18.2. The van der Waals surface area contributed by atoms with Gasteiger partial charge in [0, 0.05) is 17.9 Å². The summed E-state index contributed by atoms with van der Waals surface area (Å²) in [7, 11) is -3.40. The minimum Gasteiger partial charge on any atom is -0.463 e. The second-order valence-corrected chi connectivity index (χ2v) is 11.4. The van der Waals surface area contributed by atoms with Crippen LogP contribution in [0.15, 0.2) is 43.0 Å². The number of benzene rings is 1. The van der Waals surface area contributed by atoms with E-state index >= 15 is 0 Å². The standard InChI is InChI=1S/C25H32N5O7P/c1-17(2)37-21(31)10-9-19-12-35-38(33,36-13-19)16-34-18(3)11-30-15-28-22-23(26-14-27-24(22)30)29-25(32)20-7-5-4-6-8-20/h4-8,14-15,17-19H,9-13,16H2,1-3H3,(H,26,27,29,32)/t18-,19?,38?/m1/s1. The van der Waals surface area contributed by atoms with Gasteiger partial charge >= 0.3 is 13.6 Å². The smallest absolute Gasteiger partial charge is 0.356 e. The Morgan fingerprint density at radius 3 is 2.58 bits per heavy atom. The van der Waals surface area contributed by atoms with E-state index in [2.05, 4.69) is 20.3 Å². The molecule has 0 spiro atoms. The van der Waals surface area contributed by atoms with Crippen LogP contribution in [0.3, 0.4) is 0 Å². The first kappa shape index (κ1) is 27.8. The Morgan fingerprint density at radius 2 is 1.87 bits per heavy atom. The fourth-order valence-corrected chi connectivity index (χ4v) is 5.37. The number of ether oxygens (including phenoxy) is 2. The van der Waals surface area contributed by atoms with E-state index in [1.165, 1.54) is 6.33 Å². The highest BCUT2D eigenvalue weighted by Gasteiger charge is 2.33. The van der Waals surface area contributed by atoms with Gasteiger partial charge in [-0.2, -0.15) is 0 Å². The molecule has 0 saturated carbocycles. The number of hydrogen-bond acceptors (Lipinski definition) is 10. The van der Waals surface area contributed by atoms with Gasteiger partial charge in [0.05, 0.1) is 38.3 Å². The molecule has 3 aromatic rings. The predicted octanol–water partition coefficient (Wildman–Crippen LogP) is 4.03. The van der Waals surface area contributed by atoms with Crippen LogP contribution < -0.4 is 5.32 Å². The molecule has 1 aliphatic rings. The molecule has 1 aromatic carbocycles. The second kappa shape index (κ2) is 12.6. The molecule has 1 saturated heterocycles. The van der Waals surface area contributed by atoms with Gasteiger partial charge in [-0.15, -0.1) is 0 Å². The molecule has 1 fully saturated rings. The average Bonchev–Trinajstić information content (AvgIpc) is 3.31. The van der Waals surface area contributed by atoms with E-state index in [1.54, 1.807) is 49.0 Å². The second-order valence-electron chi connectivity index (χ2n) is 9.36. The Balaban J connectivity index is 1.27. The van der Waals surface area contributed by atoms with E-state index in [9.17, 15) is 14.2 Å². The number of nitrogens with one attached hydrogen (secondary N) is 1. The lowest BCUT2D eigenvalue weighted by molar-refractivity contribution is -0.147. The first-order valence-electron chi connectivity index (χ1n) is 12.4. The molecule has 1 N–H and O–H groups in total. The summed E-state index contributed by atoms with van der Waals surface area (Å²) in [5.41, 5.74) is 1.47. The van der Waals surface area contributed by atoms with Gasteiger partial charge in [0.1, 0.15) is 12.7 Å². The molecule has 0 radical (unpaired) electrons. The van der Waals surface area contributed by atoms with Gasteiger partial charge in [0.15, 0.2) is 17.0 Å². The third-order valence-corrected chi connectivity index (χ3v) is 7.33. The summed E-state index contributed by atoms with van der Waals surface area (Å²) >= 11 is 0. The summed E-state index contributed by atoms with van der Waals surface area (Å²) in [6, 6.07) is 8.81. The number of imidazole rings is 1. The molecule has 1 atom stereocenters. The Hall–Kier alpha value is -3.18. The van der Waals surface area contributed by atoms with Gasteiger partial charge in [-0.25, -0.2) is 15.0 Å². The topological polar surface area (TPSA) is 144 Å². The minimum atomic E-state index is -3.40. The van der Waals surface area contributed by atoms with Crippen LogP contribution >= 0.6 is 7.60 Å². The number of amides is 1. The van der Waals surface area contributed by atoms with Crippen molar-refractivity contribution in [3.05, 3.63) is 48.5 Å². The fourth-order valence-electron chi connectivity index (χ4n) is 3.83. The van der Waals surface area contributed by atoms with E-state index in [4.69, 9.17) is 18.5 Å². The summed E-state index contributed by atoms with van der Waals surface area (Å²) in [6.45, 7) is 6.24. The van der Waals surface area contributed by atoms with Crippen LogP contribution in [0.1, 0.15) is 44.0 Å². The lowest BCUT2D eigenvalue weighted by Gasteiger charge is -2.29. The molecule has 12 nitrogen and oxygen atoms in total. The third kappa shape index (κ3) is 7.44. The zero-order valence-electron chi connectivity index (χ0n) is 21.6. The van der Waals surface area contributed by atoms with Crippen molar-refractivity contribution in [1.29, 1.82) is 0 Å². The van der Waals surface area contributed by atoms with Crippen molar-refractivity contribution in [1.82, 2.24) is 19.5 Å². The number of carbonyl (C=O) groups is 2. The Morgan fingerprint density at radius 1 is 1.13 bits per heavy atom. The summed E-state index contributed by atoms with van der Waals surface area (Å²) in [5.74, 6) is -0.305. The maximum absolute atomic E-state index is 12.9. The lowest BCUT2D eigenvalue weighted by atomic mass is 10.1. The van der Waals surface area contributed by atoms with Crippen LogP contribution in [0.5, 0.6) is 0 Å². The molecule has 1 amide bonds. The number of carbonyl (C=O) groups excluding carboxylic acids is 2. The normalized spacial score (nSPS) is 20.4. The molecule has 3 heterocycles. The van der Waals surface area contributed by atoms with Crippen LogP contribution in [0.25, 0.3) is 11.2 Å². The number of rotatable bonds is 11. The van der Waals surface area contributed by atoms with Gasteiger partial charge in [-0.05, 0) is 39.3 Å². The number of aromatic nitrogens is 4. The average molecular weight is 546 g/mol. The van der Waals surface area contributed by atoms with Gasteiger partial charge in [0.25, 0.3) is 5.91 Å². The van der Waals surface area contributed by atoms with Crippen molar-refractivity contribution in [3.8, 4) is 0 Å². The molecule has 1 aliphatic heterocycles. The first-order valence-corrected chi connectivity index (χ1v) is 14.2. The van der Waals surface area contributed by atoms with Crippen molar-refractivity contribution in [2.75, 3.05) is 24.9 Å². The van der Waals surface area contributed by atoms with Crippen LogP contribution in [0.2, 0.25) is 0 Å². The van der Waals surface area contributed by atoms with Crippen LogP contribution in [0.4, 0.5) is 5.82 Å². The summed E-state index contributed by atoms with van der Waals surface area (Å²) in [5, 5.41) is 2.78. The van der Waals surface area contributed by atoms with Gasteiger partial charge in [-0.1, -0.05) is 18.2 Å². The maximum atomic E-state index is 12.9. The van der Waals surface area contributed by atoms with Crippen molar-refractivity contribution in [2.45, 2.75) is 52.4 Å². The molecule has 2 aromatic heterocycles. The minimum absolute atomic E-state index is 0.0391. The highest BCUT2D eigenvalue weighted by molar-refractivity contribution is 7.53. The monoisotopic (exact) mass is 545 g/mol. The van der Waals surface area contributed by atoms with E-state index in [1.807, 2.05) is 13.0 Å². The number of fused-ring (bicyclic) bond motifs is 1. The molecular weight excluding hydrogens is 513 g/mol. The molecule has 0 aliphatic carbocycles. The quantitative estimate of drug-likeness (QED) is 0.277. The number of anilines is 1. The SMILES string of the molecule is CC(C)OC(=O)CCC1COP(=O)(CO[C@H](C)Cn2cnc3c(NC(=O)c4ccccc4)ncnc32)OC1. The van der Waals surface area contributed by atoms with E-state index in [0.717, 1.165) is 0 Å². The van der Waals surface area contributed by atoms with Crippen LogP contribution in [-0.2, 0) is 34.4 Å². The maximum Gasteiger partial charge on any atom is 0.356 e. The van der Waals surface area contributed by atoms with Crippen LogP contribution in [0, 0.1) is 5.92 Å². The Labute approximate surface area is 220 Å². The van der Waals surface area contributed by atoms with Crippen molar-refractivity contribution in [2.24, 2.45) is 5.92 Å². The zero-order valence-corrected chi connectivity index (χ0v) is 22.5. The summed E-state index contributed by atoms with van der Waals surface area (Å²) < 4.78 is 36.6. The number of esters is 1. The van der Waals surface area contributed by atoms with Crippen molar-refractivity contribution in [3.63, 3.8) is 0 Å². The highest BCUT2D eigenvalue weighted by atomic mass is 31.2. The zero-order chi connectivity index (χ0) is 27.1. The fraction of sp³-hybridized carbons (Fsp3) is 0.480. The summed E-state index contributed by atoms with van der Waals surface area (Å²) in [4.78, 5) is 37.1. The molecule has 0 bridgehead atoms. The van der Waals surface area contributed by atoms with Gasteiger partial charge in [-0.3, -0.25) is 14.2 Å². The van der Waals surface area contributed by atoms with Gasteiger partial charge in [0.2, 0.25) is 0 Å². The van der Waals surface area contributed by atoms with E-state index < -0.39 is 7.60 Å². The molecule has 13 heteroatoms. The van der Waals surface area contributed by atoms with E-state index in [-0.39, 0.29) is 56.0 Å².